The van der Waals surface area contributed by atoms with Gasteiger partial charge in [0.25, 0.3) is 5.91 Å². The molecule has 5 heteroatoms. The van der Waals surface area contributed by atoms with Gasteiger partial charge in [-0.25, -0.2) is 0 Å². The molecule has 0 radical (unpaired) electrons. The van der Waals surface area contributed by atoms with Crippen LogP contribution in [0.25, 0.3) is 11.5 Å². The van der Waals surface area contributed by atoms with Crippen molar-refractivity contribution in [2.45, 2.75) is 20.3 Å². The van der Waals surface area contributed by atoms with E-state index >= 15 is 0 Å². The summed E-state index contributed by atoms with van der Waals surface area (Å²) >= 11 is 0. The van der Waals surface area contributed by atoms with Gasteiger partial charge in [-0.2, -0.15) is 5.10 Å². The molecule has 0 unspecified atom stereocenters. The number of amides is 1. The first-order valence-corrected chi connectivity index (χ1v) is 5.61. The third-order valence-corrected chi connectivity index (χ3v) is 2.46. The van der Waals surface area contributed by atoms with Crippen LogP contribution >= 0.6 is 0 Å². The number of nitrogens with one attached hydrogen (secondary N) is 2. The van der Waals surface area contributed by atoms with Gasteiger partial charge in [-0.1, -0.05) is 6.92 Å². The van der Waals surface area contributed by atoms with E-state index in [0.717, 1.165) is 12.1 Å². The molecule has 0 aliphatic heterocycles. The summed E-state index contributed by atoms with van der Waals surface area (Å²) in [7, 11) is 0. The minimum atomic E-state index is -0.121. The van der Waals surface area contributed by atoms with Crippen molar-refractivity contribution in [3.63, 3.8) is 0 Å². The zero-order valence-electron chi connectivity index (χ0n) is 9.91. The quantitative estimate of drug-likeness (QED) is 0.849. The maximum absolute atomic E-state index is 12.0. The highest BCUT2D eigenvalue weighted by atomic mass is 16.3. The standard InChI is InChI=1S/C12H15N3O2/c1-3-6-13-12(16)10-8(2)14-15-11(10)9-5-4-7-17-9/h4-5,7H,3,6H2,1-2H3,(H,13,16)(H,14,15). The summed E-state index contributed by atoms with van der Waals surface area (Å²) in [5.74, 6) is 0.473. The third-order valence-electron chi connectivity index (χ3n) is 2.46. The molecule has 90 valence electrons. The maximum Gasteiger partial charge on any atom is 0.255 e. The van der Waals surface area contributed by atoms with Gasteiger partial charge in [0.05, 0.1) is 11.8 Å². The van der Waals surface area contributed by atoms with Crippen molar-refractivity contribution in [1.82, 2.24) is 15.5 Å². The molecule has 0 fully saturated rings. The lowest BCUT2D eigenvalue weighted by Crippen LogP contribution is -2.24. The minimum absolute atomic E-state index is 0.121. The first-order valence-electron chi connectivity index (χ1n) is 5.61. The van der Waals surface area contributed by atoms with Crippen molar-refractivity contribution < 1.29 is 9.21 Å². The van der Waals surface area contributed by atoms with E-state index in [9.17, 15) is 4.79 Å². The Morgan fingerprint density at radius 3 is 3.06 bits per heavy atom. The van der Waals surface area contributed by atoms with Gasteiger partial charge in [0.2, 0.25) is 0 Å². The number of furan rings is 1. The monoisotopic (exact) mass is 233 g/mol. The summed E-state index contributed by atoms with van der Waals surface area (Å²) < 4.78 is 5.27. The first-order chi connectivity index (χ1) is 8.24. The van der Waals surface area contributed by atoms with Crippen molar-refractivity contribution in [2.24, 2.45) is 0 Å². The van der Waals surface area contributed by atoms with Crippen molar-refractivity contribution in [2.75, 3.05) is 6.54 Å². The van der Waals surface area contributed by atoms with Crippen LogP contribution in [-0.4, -0.2) is 22.6 Å². The van der Waals surface area contributed by atoms with Gasteiger partial charge in [0, 0.05) is 12.2 Å². The highest BCUT2D eigenvalue weighted by molar-refractivity contribution is 6.00. The average molecular weight is 233 g/mol. The Balaban J connectivity index is 2.33. The number of hydrogen-bond acceptors (Lipinski definition) is 3. The van der Waals surface area contributed by atoms with Gasteiger partial charge in [-0.3, -0.25) is 9.89 Å². The van der Waals surface area contributed by atoms with E-state index < -0.39 is 0 Å². The number of hydrogen-bond donors (Lipinski definition) is 2. The fourth-order valence-electron chi connectivity index (χ4n) is 1.63. The van der Waals surface area contributed by atoms with Crippen LogP contribution in [0.15, 0.2) is 22.8 Å². The fourth-order valence-corrected chi connectivity index (χ4v) is 1.63. The number of H-pyrrole nitrogens is 1. The molecule has 0 bridgehead atoms. The number of carbonyl (C=O) groups excluding carboxylic acids is 1. The molecule has 17 heavy (non-hydrogen) atoms. The highest BCUT2D eigenvalue weighted by Gasteiger charge is 2.20. The van der Waals surface area contributed by atoms with Crippen LogP contribution in [0.4, 0.5) is 0 Å². The second kappa shape index (κ2) is 4.86. The molecule has 0 saturated carbocycles. The van der Waals surface area contributed by atoms with Crippen LogP contribution in [0.5, 0.6) is 0 Å². The Hall–Kier alpha value is -2.04. The Morgan fingerprint density at radius 1 is 1.59 bits per heavy atom. The van der Waals surface area contributed by atoms with Gasteiger partial charge < -0.3 is 9.73 Å². The number of carbonyl (C=O) groups is 1. The Labute approximate surface area is 99.2 Å². The predicted molar refractivity (Wildman–Crippen MR) is 63.7 cm³/mol. The second-order valence-corrected chi connectivity index (χ2v) is 3.81. The van der Waals surface area contributed by atoms with Crippen molar-refractivity contribution in [3.8, 4) is 11.5 Å². The van der Waals surface area contributed by atoms with Crippen LogP contribution in [-0.2, 0) is 0 Å². The SMILES string of the molecule is CCCNC(=O)c1c(-c2ccco2)n[nH]c1C. The van der Waals surface area contributed by atoms with E-state index in [-0.39, 0.29) is 5.91 Å². The number of aryl methyl sites for hydroxylation is 1. The molecule has 0 spiro atoms. The van der Waals surface area contributed by atoms with E-state index in [4.69, 9.17) is 4.42 Å². The van der Waals surface area contributed by atoms with Crippen LogP contribution in [0.3, 0.4) is 0 Å². The Morgan fingerprint density at radius 2 is 2.41 bits per heavy atom. The summed E-state index contributed by atoms with van der Waals surface area (Å²) in [5.41, 5.74) is 1.85. The van der Waals surface area contributed by atoms with E-state index in [1.54, 1.807) is 18.4 Å². The lowest BCUT2D eigenvalue weighted by molar-refractivity contribution is 0.0953. The molecule has 0 saturated heterocycles. The number of nitrogens with zero attached hydrogens (tertiary/aromatic N) is 1. The average Bonchev–Trinajstić information content (AvgIpc) is 2.94. The van der Waals surface area contributed by atoms with Gasteiger partial charge in [0.15, 0.2) is 5.76 Å². The molecule has 2 rings (SSSR count). The predicted octanol–water partition coefficient (Wildman–Crippen LogP) is 2.12. The molecular formula is C12H15N3O2. The smallest absolute Gasteiger partial charge is 0.255 e. The molecular weight excluding hydrogens is 218 g/mol. The van der Waals surface area contributed by atoms with E-state index in [0.29, 0.717) is 23.6 Å². The molecule has 5 nitrogen and oxygen atoms in total. The largest absolute Gasteiger partial charge is 0.463 e. The fraction of sp³-hybridized carbons (Fsp3) is 0.333. The molecule has 0 atom stereocenters. The molecule has 0 aromatic carbocycles. The van der Waals surface area contributed by atoms with Crippen LogP contribution in [0.2, 0.25) is 0 Å². The lowest BCUT2D eigenvalue weighted by Gasteiger charge is -2.03. The summed E-state index contributed by atoms with van der Waals surface area (Å²) in [4.78, 5) is 12.0. The third kappa shape index (κ3) is 2.22. The van der Waals surface area contributed by atoms with Crippen molar-refractivity contribution >= 4 is 5.91 Å². The van der Waals surface area contributed by atoms with E-state index in [2.05, 4.69) is 15.5 Å². The Bertz CT molecular complexity index is 500. The second-order valence-electron chi connectivity index (χ2n) is 3.81. The number of aromatic amines is 1. The molecule has 0 aliphatic rings. The van der Waals surface area contributed by atoms with Crippen LogP contribution < -0.4 is 5.32 Å². The van der Waals surface area contributed by atoms with Gasteiger partial charge in [0.1, 0.15) is 5.69 Å². The van der Waals surface area contributed by atoms with Crippen LogP contribution in [0, 0.1) is 6.92 Å². The summed E-state index contributed by atoms with van der Waals surface area (Å²) in [5, 5.41) is 9.76. The molecule has 2 heterocycles. The lowest BCUT2D eigenvalue weighted by atomic mass is 10.1. The summed E-state index contributed by atoms with van der Waals surface area (Å²) in [6.07, 6.45) is 2.46. The van der Waals surface area contributed by atoms with Gasteiger partial charge in [-0.05, 0) is 25.5 Å². The molecule has 2 N–H and O–H groups in total. The van der Waals surface area contributed by atoms with Gasteiger partial charge >= 0.3 is 0 Å². The van der Waals surface area contributed by atoms with Gasteiger partial charge in [-0.15, -0.1) is 0 Å². The first kappa shape index (κ1) is 11.4. The number of aromatic nitrogens is 2. The zero-order chi connectivity index (χ0) is 12.3. The van der Waals surface area contributed by atoms with Crippen molar-refractivity contribution in [1.29, 1.82) is 0 Å². The summed E-state index contributed by atoms with van der Waals surface area (Å²) in [6.45, 7) is 4.48. The van der Waals surface area contributed by atoms with Crippen molar-refractivity contribution in [3.05, 3.63) is 29.7 Å². The number of rotatable bonds is 4. The van der Waals surface area contributed by atoms with E-state index in [1.165, 1.54) is 0 Å². The summed E-state index contributed by atoms with van der Waals surface area (Å²) in [6, 6.07) is 3.55. The zero-order valence-corrected chi connectivity index (χ0v) is 9.91. The molecule has 1 amide bonds. The normalized spacial score (nSPS) is 10.5. The maximum atomic E-state index is 12.0. The van der Waals surface area contributed by atoms with E-state index in [1.807, 2.05) is 13.8 Å². The van der Waals surface area contributed by atoms with Crippen LogP contribution in [0.1, 0.15) is 29.4 Å². The Kier molecular flexibility index (Phi) is 3.27. The molecule has 2 aromatic heterocycles. The molecule has 0 aliphatic carbocycles. The topological polar surface area (TPSA) is 70.9 Å². The highest BCUT2D eigenvalue weighted by Crippen LogP contribution is 2.23. The molecule has 2 aromatic rings. The minimum Gasteiger partial charge on any atom is -0.463 e.